The summed E-state index contributed by atoms with van der Waals surface area (Å²) >= 11 is 1.64. The molecule has 0 saturated carbocycles. The first kappa shape index (κ1) is 21.5. The number of pyridine rings is 1. The number of benzene rings is 1. The molecule has 0 spiro atoms. The Morgan fingerprint density at radius 2 is 1.89 bits per heavy atom. The number of thiophene rings is 1. The van der Waals surface area contributed by atoms with Gasteiger partial charge in [-0.15, -0.1) is 0 Å². The van der Waals surface area contributed by atoms with Crippen LogP contribution in [0.5, 0.6) is 0 Å². The highest BCUT2D eigenvalue weighted by Gasteiger charge is 2.16. The van der Waals surface area contributed by atoms with Gasteiger partial charge in [-0.3, -0.25) is 9.55 Å². The molecule has 5 heterocycles. The molecule has 0 amide bonds. The van der Waals surface area contributed by atoms with Crippen LogP contribution in [0.25, 0.3) is 16.9 Å². The minimum Gasteiger partial charge on any atom is -0.378 e. The van der Waals surface area contributed by atoms with Crippen molar-refractivity contribution in [1.29, 1.82) is 0 Å². The van der Waals surface area contributed by atoms with Crippen LogP contribution in [0.3, 0.4) is 0 Å². The van der Waals surface area contributed by atoms with E-state index in [0.717, 1.165) is 48.9 Å². The third kappa shape index (κ3) is 4.66. The molecule has 0 bridgehead atoms. The Morgan fingerprint density at radius 3 is 2.66 bits per heavy atom. The SMILES string of the molecule is c1cncc(CNc2nc(Nc3ccc(N4CCOCC4)cc3)c3ncn(-c4ccsc4)c3n2)c1. The molecule has 4 aromatic heterocycles. The van der Waals surface area contributed by atoms with E-state index in [4.69, 9.17) is 14.7 Å². The third-order valence-corrected chi connectivity index (χ3v) is 6.53. The number of aromatic nitrogens is 5. The molecule has 9 nitrogen and oxygen atoms in total. The van der Waals surface area contributed by atoms with Gasteiger partial charge in [-0.05, 0) is 47.3 Å². The molecular formula is C25H24N8OS. The number of hydrogen-bond donors (Lipinski definition) is 2. The fourth-order valence-corrected chi connectivity index (χ4v) is 4.68. The topological polar surface area (TPSA) is 93.0 Å². The number of anilines is 4. The summed E-state index contributed by atoms with van der Waals surface area (Å²) in [6.07, 6.45) is 5.38. The minimum absolute atomic E-state index is 0.519. The summed E-state index contributed by atoms with van der Waals surface area (Å²) in [4.78, 5) is 20.7. The number of ether oxygens (including phenoxy) is 1. The minimum atomic E-state index is 0.519. The molecule has 1 fully saturated rings. The number of morpholine rings is 1. The maximum atomic E-state index is 5.47. The highest BCUT2D eigenvalue weighted by Crippen LogP contribution is 2.28. The van der Waals surface area contributed by atoms with Crippen LogP contribution in [0.2, 0.25) is 0 Å². The van der Waals surface area contributed by atoms with Crippen LogP contribution in [-0.2, 0) is 11.3 Å². The molecule has 6 rings (SSSR count). The summed E-state index contributed by atoms with van der Waals surface area (Å²) in [5.74, 6) is 1.17. The Morgan fingerprint density at radius 1 is 1.00 bits per heavy atom. The molecule has 1 aliphatic heterocycles. The third-order valence-electron chi connectivity index (χ3n) is 5.86. The van der Waals surface area contributed by atoms with Gasteiger partial charge in [0.1, 0.15) is 6.33 Å². The summed E-state index contributed by atoms with van der Waals surface area (Å²) in [5, 5.41) is 10.9. The largest absolute Gasteiger partial charge is 0.378 e. The molecule has 35 heavy (non-hydrogen) atoms. The van der Waals surface area contributed by atoms with Gasteiger partial charge in [-0.2, -0.15) is 21.3 Å². The number of nitrogens with zero attached hydrogens (tertiary/aromatic N) is 6. The normalized spacial score (nSPS) is 13.8. The second-order valence-electron chi connectivity index (χ2n) is 8.15. The predicted molar refractivity (Wildman–Crippen MR) is 139 cm³/mol. The van der Waals surface area contributed by atoms with Crippen LogP contribution in [0.15, 0.2) is 71.9 Å². The monoisotopic (exact) mass is 484 g/mol. The van der Waals surface area contributed by atoms with Crippen molar-refractivity contribution in [3.63, 3.8) is 0 Å². The van der Waals surface area contributed by atoms with Gasteiger partial charge in [0, 0.05) is 48.8 Å². The average Bonchev–Trinajstić information content (AvgIpc) is 3.59. The van der Waals surface area contributed by atoms with E-state index in [1.165, 1.54) is 5.69 Å². The molecule has 176 valence electrons. The van der Waals surface area contributed by atoms with Crippen LogP contribution in [-0.4, -0.2) is 50.8 Å². The number of fused-ring (bicyclic) bond motifs is 1. The van der Waals surface area contributed by atoms with E-state index >= 15 is 0 Å². The molecule has 1 aliphatic rings. The molecule has 0 atom stereocenters. The molecule has 1 aromatic carbocycles. The van der Waals surface area contributed by atoms with Crippen LogP contribution in [0.1, 0.15) is 5.56 Å². The molecule has 0 aliphatic carbocycles. The fourth-order valence-electron chi connectivity index (χ4n) is 4.05. The summed E-state index contributed by atoms with van der Waals surface area (Å²) < 4.78 is 7.45. The Hall–Kier alpha value is -4.02. The predicted octanol–water partition coefficient (Wildman–Crippen LogP) is 4.46. The zero-order valence-electron chi connectivity index (χ0n) is 19.0. The Labute approximate surface area is 206 Å². The van der Waals surface area contributed by atoms with Crippen molar-refractivity contribution in [1.82, 2.24) is 24.5 Å². The maximum absolute atomic E-state index is 5.47. The van der Waals surface area contributed by atoms with Gasteiger partial charge in [0.15, 0.2) is 17.0 Å². The van der Waals surface area contributed by atoms with Crippen molar-refractivity contribution in [2.24, 2.45) is 0 Å². The number of rotatable bonds is 7. The molecule has 1 saturated heterocycles. The second-order valence-corrected chi connectivity index (χ2v) is 8.93. The maximum Gasteiger partial charge on any atom is 0.227 e. The van der Waals surface area contributed by atoms with E-state index in [1.54, 1.807) is 23.9 Å². The highest BCUT2D eigenvalue weighted by molar-refractivity contribution is 7.08. The van der Waals surface area contributed by atoms with E-state index in [2.05, 4.69) is 55.1 Å². The van der Waals surface area contributed by atoms with Gasteiger partial charge in [0.05, 0.1) is 18.9 Å². The number of nitrogens with one attached hydrogen (secondary N) is 2. The van der Waals surface area contributed by atoms with Gasteiger partial charge in [-0.25, -0.2) is 4.98 Å². The lowest BCUT2D eigenvalue weighted by Gasteiger charge is -2.28. The van der Waals surface area contributed by atoms with Crippen molar-refractivity contribution >= 4 is 45.6 Å². The van der Waals surface area contributed by atoms with Crippen molar-refractivity contribution in [2.45, 2.75) is 6.54 Å². The molecule has 5 aromatic rings. The fraction of sp³-hybridized carbons (Fsp3) is 0.200. The second kappa shape index (κ2) is 9.69. The molecule has 2 N–H and O–H groups in total. The van der Waals surface area contributed by atoms with Crippen LogP contribution >= 0.6 is 11.3 Å². The van der Waals surface area contributed by atoms with Gasteiger partial charge < -0.3 is 20.3 Å². The highest BCUT2D eigenvalue weighted by atomic mass is 32.1. The molecule has 0 unspecified atom stereocenters. The van der Waals surface area contributed by atoms with Crippen LogP contribution in [0, 0.1) is 0 Å². The van der Waals surface area contributed by atoms with E-state index < -0.39 is 0 Å². The van der Waals surface area contributed by atoms with E-state index in [0.29, 0.717) is 23.8 Å². The molecule has 10 heteroatoms. The number of imidazole rings is 1. The lowest BCUT2D eigenvalue weighted by Crippen LogP contribution is -2.36. The first-order valence-corrected chi connectivity index (χ1v) is 12.4. The van der Waals surface area contributed by atoms with Crippen molar-refractivity contribution in [3.05, 3.63) is 77.5 Å². The molecule has 0 radical (unpaired) electrons. The zero-order valence-corrected chi connectivity index (χ0v) is 19.8. The van der Waals surface area contributed by atoms with Gasteiger partial charge in [0.2, 0.25) is 5.95 Å². The first-order chi connectivity index (χ1) is 17.3. The number of hydrogen-bond acceptors (Lipinski definition) is 9. The zero-order chi connectivity index (χ0) is 23.5. The average molecular weight is 485 g/mol. The Balaban J connectivity index is 1.31. The quantitative estimate of drug-likeness (QED) is 0.350. The summed E-state index contributed by atoms with van der Waals surface area (Å²) in [6.45, 7) is 3.91. The summed E-state index contributed by atoms with van der Waals surface area (Å²) in [7, 11) is 0. The Bertz CT molecular complexity index is 1400. The van der Waals surface area contributed by atoms with Gasteiger partial charge >= 0.3 is 0 Å². The van der Waals surface area contributed by atoms with Crippen LogP contribution < -0.4 is 15.5 Å². The van der Waals surface area contributed by atoms with E-state index in [-0.39, 0.29) is 0 Å². The Kier molecular flexibility index (Phi) is 5.95. The van der Waals surface area contributed by atoms with Crippen molar-refractivity contribution < 1.29 is 4.74 Å². The lowest BCUT2D eigenvalue weighted by molar-refractivity contribution is 0.122. The molecular weight excluding hydrogens is 460 g/mol. The van der Waals surface area contributed by atoms with E-state index in [9.17, 15) is 0 Å². The van der Waals surface area contributed by atoms with Gasteiger partial charge in [0.25, 0.3) is 0 Å². The van der Waals surface area contributed by atoms with Crippen molar-refractivity contribution in [3.8, 4) is 5.69 Å². The van der Waals surface area contributed by atoms with Crippen LogP contribution in [0.4, 0.5) is 23.1 Å². The van der Waals surface area contributed by atoms with Gasteiger partial charge in [-0.1, -0.05) is 6.07 Å². The summed E-state index contributed by atoms with van der Waals surface area (Å²) in [6, 6.07) is 14.4. The smallest absolute Gasteiger partial charge is 0.227 e. The first-order valence-electron chi connectivity index (χ1n) is 11.4. The van der Waals surface area contributed by atoms with E-state index in [1.807, 2.05) is 34.3 Å². The lowest BCUT2D eigenvalue weighted by atomic mass is 10.2. The van der Waals surface area contributed by atoms with Crippen molar-refractivity contribution in [2.75, 3.05) is 41.8 Å². The standard InChI is InChI=1S/C25H24N8OS/c1-2-18(14-26-8-1)15-27-25-30-23(22-24(31-25)33(17-28-22)21-7-13-35-16-21)29-19-3-5-20(6-4-19)32-9-11-34-12-10-32/h1-8,13-14,16-17H,9-12,15H2,(H2,27,29,30,31). The summed E-state index contributed by atoms with van der Waals surface area (Å²) in [5.41, 5.74) is 5.64.